The highest BCUT2D eigenvalue weighted by Gasteiger charge is 2.22. The number of rotatable bonds is 9. The van der Waals surface area contributed by atoms with Crippen molar-refractivity contribution in [3.05, 3.63) is 95.6 Å². The molecule has 11 nitrogen and oxygen atoms in total. The third-order valence-corrected chi connectivity index (χ3v) is 5.04. The van der Waals surface area contributed by atoms with Crippen LogP contribution in [0.15, 0.2) is 65.8 Å². The summed E-state index contributed by atoms with van der Waals surface area (Å²) < 4.78 is 12.2. The third-order valence-electron chi connectivity index (χ3n) is 4.32. The second-order valence-electron chi connectivity index (χ2n) is 6.61. The minimum atomic E-state index is -0.764. The number of non-ortho nitro benzene ring substituents is 1. The van der Waals surface area contributed by atoms with Gasteiger partial charge in [0.05, 0.1) is 28.7 Å². The SMILES string of the molecule is CCOc1cc(/C=N\NC(=O)c2ccc(I)cc2)ccc1Oc1ccc([N+](=O)[O-])cc1[N+](=O)[O-]. The first-order chi connectivity index (χ1) is 16.3. The number of hydrazone groups is 1. The number of halogens is 1. The summed E-state index contributed by atoms with van der Waals surface area (Å²) in [5.74, 6) is -0.118. The Hall–Kier alpha value is -4.07. The highest BCUT2D eigenvalue weighted by atomic mass is 127. The van der Waals surface area contributed by atoms with Gasteiger partial charge in [0.2, 0.25) is 5.75 Å². The Kier molecular flexibility index (Phi) is 8.08. The van der Waals surface area contributed by atoms with Gasteiger partial charge in [-0.2, -0.15) is 5.10 Å². The van der Waals surface area contributed by atoms with Crippen LogP contribution in [0, 0.1) is 23.8 Å². The van der Waals surface area contributed by atoms with Crippen molar-refractivity contribution in [1.82, 2.24) is 5.43 Å². The Morgan fingerprint density at radius 2 is 1.71 bits per heavy atom. The number of nitrogens with one attached hydrogen (secondary N) is 1. The summed E-state index contributed by atoms with van der Waals surface area (Å²) in [4.78, 5) is 33.0. The van der Waals surface area contributed by atoms with Crippen molar-refractivity contribution in [2.45, 2.75) is 6.92 Å². The average molecular weight is 576 g/mol. The quantitative estimate of drug-likeness (QED) is 0.162. The second-order valence-corrected chi connectivity index (χ2v) is 7.86. The fourth-order valence-corrected chi connectivity index (χ4v) is 3.12. The molecule has 0 aliphatic carbocycles. The lowest BCUT2D eigenvalue weighted by atomic mass is 10.2. The highest BCUT2D eigenvalue weighted by molar-refractivity contribution is 14.1. The van der Waals surface area contributed by atoms with Crippen LogP contribution in [-0.4, -0.2) is 28.6 Å². The van der Waals surface area contributed by atoms with E-state index in [1.807, 2.05) is 12.1 Å². The summed E-state index contributed by atoms with van der Waals surface area (Å²) in [6.07, 6.45) is 1.41. The van der Waals surface area contributed by atoms with E-state index in [1.54, 1.807) is 31.2 Å². The molecule has 1 N–H and O–H groups in total. The second kappa shape index (κ2) is 11.2. The molecule has 12 heteroatoms. The first kappa shape index (κ1) is 24.6. The molecule has 174 valence electrons. The molecule has 0 unspecified atom stereocenters. The molecule has 0 fully saturated rings. The zero-order valence-electron chi connectivity index (χ0n) is 17.6. The van der Waals surface area contributed by atoms with Crippen molar-refractivity contribution >= 4 is 46.1 Å². The van der Waals surface area contributed by atoms with Gasteiger partial charge in [0, 0.05) is 15.2 Å². The zero-order chi connectivity index (χ0) is 24.7. The molecule has 0 saturated heterocycles. The third kappa shape index (κ3) is 6.25. The molecule has 3 rings (SSSR count). The van der Waals surface area contributed by atoms with E-state index in [0.717, 1.165) is 21.8 Å². The summed E-state index contributed by atoms with van der Waals surface area (Å²) in [6, 6.07) is 14.8. The molecule has 1 amide bonds. The van der Waals surface area contributed by atoms with Crippen LogP contribution < -0.4 is 14.9 Å². The van der Waals surface area contributed by atoms with Gasteiger partial charge in [-0.1, -0.05) is 0 Å². The summed E-state index contributed by atoms with van der Waals surface area (Å²) >= 11 is 2.14. The summed E-state index contributed by atoms with van der Waals surface area (Å²) in [5.41, 5.74) is 2.48. The van der Waals surface area contributed by atoms with Crippen LogP contribution >= 0.6 is 22.6 Å². The molecule has 3 aromatic carbocycles. The molecule has 0 heterocycles. The van der Waals surface area contributed by atoms with E-state index in [9.17, 15) is 25.0 Å². The molecule has 0 radical (unpaired) electrons. The number of carbonyl (C=O) groups excluding carboxylic acids is 1. The largest absolute Gasteiger partial charge is 0.490 e. The molecule has 0 atom stereocenters. The van der Waals surface area contributed by atoms with Crippen LogP contribution in [0.1, 0.15) is 22.8 Å². The highest BCUT2D eigenvalue weighted by Crippen LogP contribution is 2.38. The van der Waals surface area contributed by atoms with Gasteiger partial charge in [-0.15, -0.1) is 0 Å². The summed E-state index contributed by atoms with van der Waals surface area (Å²) in [7, 11) is 0. The Labute approximate surface area is 206 Å². The number of amides is 1. The number of nitro groups is 2. The van der Waals surface area contributed by atoms with Crippen molar-refractivity contribution < 1.29 is 24.1 Å². The summed E-state index contributed by atoms with van der Waals surface area (Å²) in [5, 5.41) is 26.2. The molecule has 0 saturated carbocycles. The molecular weight excluding hydrogens is 559 g/mol. The maximum Gasteiger partial charge on any atom is 0.318 e. The molecular formula is C22H17IN4O7. The van der Waals surface area contributed by atoms with Crippen molar-refractivity contribution in [3.8, 4) is 17.2 Å². The predicted octanol–water partition coefficient (Wildman–Crippen LogP) is 5.06. The number of benzene rings is 3. The van der Waals surface area contributed by atoms with Crippen molar-refractivity contribution in [3.63, 3.8) is 0 Å². The van der Waals surface area contributed by atoms with Crippen LogP contribution in [0.2, 0.25) is 0 Å². The maximum absolute atomic E-state index is 12.2. The van der Waals surface area contributed by atoms with Crippen LogP contribution in [0.4, 0.5) is 11.4 Å². The van der Waals surface area contributed by atoms with Crippen LogP contribution in [0.25, 0.3) is 0 Å². The topological polar surface area (TPSA) is 146 Å². The number of hydrogen-bond acceptors (Lipinski definition) is 8. The molecule has 34 heavy (non-hydrogen) atoms. The minimum Gasteiger partial charge on any atom is -0.490 e. The lowest BCUT2D eigenvalue weighted by Crippen LogP contribution is -2.17. The van der Waals surface area contributed by atoms with Gasteiger partial charge in [0.25, 0.3) is 11.6 Å². The van der Waals surface area contributed by atoms with Gasteiger partial charge in [0.15, 0.2) is 11.5 Å². The Morgan fingerprint density at radius 3 is 2.35 bits per heavy atom. The smallest absolute Gasteiger partial charge is 0.318 e. The lowest BCUT2D eigenvalue weighted by Gasteiger charge is -2.12. The molecule has 0 aliphatic heterocycles. The van der Waals surface area contributed by atoms with Gasteiger partial charge in [-0.25, -0.2) is 5.43 Å². The normalized spacial score (nSPS) is 10.6. The molecule has 0 aliphatic rings. The number of carbonyl (C=O) groups is 1. The Bertz CT molecular complexity index is 1260. The van der Waals surface area contributed by atoms with Crippen molar-refractivity contribution in [2.75, 3.05) is 6.61 Å². The standard InChI is InChI=1S/C22H17IN4O7/c1-2-33-21-11-14(13-24-25-22(28)15-4-6-16(23)7-5-15)3-9-20(21)34-19-10-8-17(26(29)30)12-18(19)27(31)32/h3-13H,2H2,1H3,(H,25,28)/b24-13-. The van der Waals surface area contributed by atoms with E-state index in [0.29, 0.717) is 11.1 Å². The molecule has 0 aromatic heterocycles. The first-order valence-corrected chi connectivity index (χ1v) is 10.8. The zero-order valence-corrected chi connectivity index (χ0v) is 19.8. The van der Waals surface area contributed by atoms with Crippen LogP contribution in [0.3, 0.4) is 0 Å². The number of hydrogen-bond donors (Lipinski definition) is 1. The van der Waals surface area contributed by atoms with E-state index in [2.05, 4.69) is 33.1 Å². The van der Waals surface area contributed by atoms with Crippen molar-refractivity contribution in [1.29, 1.82) is 0 Å². The summed E-state index contributed by atoms with van der Waals surface area (Å²) in [6.45, 7) is 2.03. The number of nitrogens with zero attached hydrogens (tertiary/aromatic N) is 3. The van der Waals surface area contributed by atoms with Crippen LogP contribution in [0.5, 0.6) is 17.2 Å². The van der Waals surface area contributed by atoms with Gasteiger partial charge < -0.3 is 9.47 Å². The maximum atomic E-state index is 12.2. The fraction of sp³-hybridized carbons (Fsp3) is 0.0909. The predicted molar refractivity (Wildman–Crippen MR) is 132 cm³/mol. The molecule has 0 spiro atoms. The number of ether oxygens (including phenoxy) is 2. The monoisotopic (exact) mass is 576 g/mol. The van der Waals surface area contributed by atoms with E-state index < -0.39 is 21.2 Å². The van der Waals surface area contributed by atoms with Crippen molar-refractivity contribution in [2.24, 2.45) is 5.10 Å². The first-order valence-electron chi connectivity index (χ1n) is 9.75. The van der Waals surface area contributed by atoms with E-state index >= 15 is 0 Å². The minimum absolute atomic E-state index is 0.166. The fourth-order valence-electron chi connectivity index (χ4n) is 2.76. The van der Waals surface area contributed by atoms with E-state index in [1.165, 1.54) is 12.3 Å². The average Bonchev–Trinajstić information content (AvgIpc) is 2.81. The van der Waals surface area contributed by atoms with Gasteiger partial charge in [-0.05, 0) is 83.6 Å². The van der Waals surface area contributed by atoms with Crippen LogP contribution in [-0.2, 0) is 0 Å². The van der Waals surface area contributed by atoms with E-state index in [4.69, 9.17) is 9.47 Å². The van der Waals surface area contributed by atoms with Gasteiger partial charge >= 0.3 is 5.69 Å². The molecule has 3 aromatic rings. The van der Waals surface area contributed by atoms with E-state index in [-0.39, 0.29) is 29.8 Å². The molecule has 0 bridgehead atoms. The lowest BCUT2D eigenvalue weighted by molar-refractivity contribution is -0.394. The van der Waals surface area contributed by atoms with Gasteiger partial charge in [0.1, 0.15) is 0 Å². The Morgan fingerprint density at radius 1 is 1.00 bits per heavy atom. The van der Waals surface area contributed by atoms with Gasteiger partial charge in [-0.3, -0.25) is 25.0 Å². The Balaban J connectivity index is 1.80. The number of nitro benzene ring substituents is 2.